The third-order valence-corrected chi connectivity index (χ3v) is 3.36. The summed E-state index contributed by atoms with van der Waals surface area (Å²) in [6.45, 7) is 0.713. The Labute approximate surface area is 105 Å². The van der Waals surface area contributed by atoms with Crippen molar-refractivity contribution in [3.05, 3.63) is 29.6 Å². The zero-order valence-corrected chi connectivity index (χ0v) is 10.5. The summed E-state index contributed by atoms with van der Waals surface area (Å²) in [5, 5.41) is 17.8. The van der Waals surface area contributed by atoms with Crippen LogP contribution in [0.3, 0.4) is 0 Å². The van der Waals surface area contributed by atoms with Crippen molar-refractivity contribution >= 4 is 24.3 Å². The van der Waals surface area contributed by atoms with Gasteiger partial charge in [-0.15, -0.1) is 0 Å². The zero-order valence-electron chi connectivity index (χ0n) is 9.73. The van der Waals surface area contributed by atoms with Gasteiger partial charge in [0.25, 0.3) is 0 Å². The largest absolute Gasteiger partial charge is 0.488 e. The van der Waals surface area contributed by atoms with E-state index in [1.54, 1.807) is 24.9 Å². The van der Waals surface area contributed by atoms with E-state index in [0.717, 1.165) is 18.2 Å². The Balaban J connectivity index is 2.43. The van der Waals surface area contributed by atoms with Crippen LogP contribution < -0.4 is 5.46 Å². The van der Waals surface area contributed by atoms with Gasteiger partial charge in [-0.1, -0.05) is 12.1 Å². The monoisotopic (exact) mass is 258 g/mol. The Hall–Kier alpha value is -0.555. The quantitative estimate of drug-likeness (QED) is 0.560. The molecule has 0 unspecified atom stereocenters. The van der Waals surface area contributed by atoms with Crippen molar-refractivity contribution in [2.45, 2.75) is 12.2 Å². The van der Waals surface area contributed by atoms with Crippen LogP contribution in [-0.4, -0.2) is 36.6 Å². The first-order chi connectivity index (χ1) is 8.15. The van der Waals surface area contributed by atoms with Crippen LogP contribution in [0.2, 0.25) is 0 Å². The molecule has 0 spiro atoms. The molecule has 94 valence electrons. The fourth-order valence-corrected chi connectivity index (χ4v) is 2.25. The highest BCUT2D eigenvalue weighted by Crippen LogP contribution is 2.15. The number of ether oxygens (including phenoxy) is 1. The molecule has 0 saturated carbocycles. The van der Waals surface area contributed by atoms with Gasteiger partial charge in [0.05, 0.1) is 0 Å². The van der Waals surface area contributed by atoms with Gasteiger partial charge in [0.1, 0.15) is 5.82 Å². The van der Waals surface area contributed by atoms with E-state index in [4.69, 9.17) is 14.8 Å². The van der Waals surface area contributed by atoms with E-state index in [2.05, 4.69) is 0 Å². The third kappa shape index (κ3) is 5.08. The molecule has 0 aliphatic carbocycles. The minimum absolute atomic E-state index is 0.177. The predicted molar refractivity (Wildman–Crippen MR) is 68.9 cm³/mol. The van der Waals surface area contributed by atoms with Crippen molar-refractivity contribution in [2.75, 3.05) is 19.5 Å². The number of methoxy groups -OCH3 is 1. The molecule has 0 atom stereocenters. The van der Waals surface area contributed by atoms with Gasteiger partial charge >= 0.3 is 7.12 Å². The number of thioether (sulfide) groups is 1. The molecule has 1 rings (SSSR count). The van der Waals surface area contributed by atoms with Gasteiger partial charge in [-0.25, -0.2) is 4.39 Å². The van der Waals surface area contributed by atoms with Crippen LogP contribution >= 0.6 is 11.8 Å². The van der Waals surface area contributed by atoms with E-state index >= 15 is 0 Å². The van der Waals surface area contributed by atoms with Gasteiger partial charge in [0, 0.05) is 19.5 Å². The van der Waals surface area contributed by atoms with Gasteiger partial charge in [-0.3, -0.25) is 0 Å². The summed E-state index contributed by atoms with van der Waals surface area (Å²) in [7, 11) is 0.0383. The van der Waals surface area contributed by atoms with E-state index in [0.29, 0.717) is 17.9 Å². The predicted octanol–water partition coefficient (Wildman–Crippen LogP) is 0.775. The van der Waals surface area contributed by atoms with Gasteiger partial charge in [0.15, 0.2) is 0 Å². The fraction of sp³-hybridized carbons (Fsp3) is 0.455. The van der Waals surface area contributed by atoms with Crippen LogP contribution in [0.4, 0.5) is 4.39 Å². The maximum absolute atomic E-state index is 13.5. The number of halogens is 1. The van der Waals surface area contributed by atoms with E-state index < -0.39 is 12.9 Å². The lowest BCUT2D eigenvalue weighted by Crippen LogP contribution is -2.30. The second-order valence-corrected chi connectivity index (χ2v) is 4.73. The van der Waals surface area contributed by atoms with Gasteiger partial charge in [-0.2, -0.15) is 11.8 Å². The van der Waals surface area contributed by atoms with E-state index in [-0.39, 0.29) is 5.46 Å². The summed E-state index contributed by atoms with van der Waals surface area (Å²) in [6.07, 6.45) is 0.941. The highest BCUT2D eigenvalue weighted by atomic mass is 32.2. The van der Waals surface area contributed by atoms with Crippen LogP contribution in [0.15, 0.2) is 18.2 Å². The molecule has 0 aromatic heterocycles. The molecule has 0 fully saturated rings. The molecule has 0 heterocycles. The molecule has 17 heavy (non-hydrogen) atoms. The van der Waals surface area contributed by atoms with Crippen molar-refractivity contribution in [1.29, 1.82) is 0 Å². The molecule has 0 aliphatic rings. The molecule has 0 saturated heterocycles. The number of hydrogen-bond acceptors (Lipinski definition) is 4. The summed E-state index contributed by atoms with van der Waals surface area (Å²) in [5.41, 5.74) is 0.757. The highest BCUT2D eigenvalue weighted by Gasteiger charge is 2.13. The Kier molecular flexibility index (Phi) is 6.58. The maximum Gasteiger partial charge on any atom is 0.488 e. The zero-order chi connectivity index (χ0) is 12.7. The summed E-state index contributed by atoms with van der Waals surface area (Å²) in [5.74, 6) is 1.10. The molecular formula is C11H16BFO3S. The van der Waals surface area contributed by atoms with Gasteiger partial charge in [0.2, 0.25) is 0 Å². The molecule has 0 radical (unpaired) electrons. The minimum Gasteiger partial charge on any atom is -0.423 e. The average Bonchev–Trinajstić information content (AvgIpc) is 2.30. The maximum atomic E-state index is 13.5. The van der Waals surface area contributed by atoms with Crippen LogP contribution in [0.25, 0.3) is 0 Å². The van der Waals surface area contributed by atoms with Crippen LogP contribution in [-0.2, 0) is 10.5 Å². The smallest absolute Gasteiger partial charge is 0.423 e. The third-order valence-electron chi connectivity index (χ3n) is 2.27. The molecule has 1 aromatic carbocycles. The molecule has 3 nitrogen and oxygen atoms in total. The Morgan fingerprint density at radius 2 is 2.18 bits per heavy atom. The molecule has 2 N–H and O–H groups in total. The molecule has 0 amide bonds. The van der Waals surface area contributed by atoms with Crippen LogP contribution in [0.1, 0.15) is 12.0 Å². The van der Waals surface area contributed by atoms with E-state index in [1.807, 2.05) is 0 Å². The van der Waals surface area contributed by atoms with Crippen molar-refractivity contribution in [3.8, 4) is 0 Å². The first-order valence-electron chi connectivity index (χ1n) is 5.36. The van der Waals surface area contributed by atoms with E-state index in [1.165, 1.54) is 6.07 Å². The van der Waals surface area contributed by atoms with Crippen molar-refractivity contribution in [1.82, 2.24) is 0 Å². The number of hydrogen-bond donors (Lipinski definition) is 2. The van der Waals surface area contributed by atoms with Crippen molar-refractivity contribution < 1.29 is 19.2 Å². The summed E-state index contributed by atoms with van der Waals surface area (Å²) < 4.78 is 18.4. The van der Waals surface area contributed by atoms with Crippen LogP contribution in [0.5, 0.6) is 0 Å². The lowest BCUT2D eigenvalue weighted by molar-refractivity contribution is 0.200. The molecule has 0 bridgehead atoms. The first-order valence-corrected chi connectivity index (χ1v) is 6.51. The van der Waals surface area contributed by atoms with E-state index in [9.17, 15) is 4.39 Å². The van der Waals surface area contributed by atoms with Gasteiger partial charge in [-0.05, 0) is 29.3 Å². The first kappa shape index (κ1) is 14.5. The Morgan fingerprint density at radius 1 is 1.41 bits per heavy atom. The molecular weight excluding hydrogens is 242 g/mol. The second kappa shape index (κ2) is 7.71. The van der Waals surface area contributed by atoms with Crippen molar-refractivity contribution in [3.63, 3.8) is 0 Å². The van der Waals surface area contributed by atoms with Gasteiger partial charge < -0.3 is 14.8 Å². The molecule has 1 aromatic rings. The average molecular weight is 258 g/mol. The molecule has 6 heteroatoms. The standard InChI is InChI=1S/C11H16BFO3S/c1-16-5-2-6-17-8-9-3-4-10(12(14)15)7-11(9)13/h3-4,7,14-15H,2,5-6,8H2,1H3. The highest BCUT2D eigenvalue weighted by molar-refractivity contribution is 7.98. The fourth-order valence-electron chi connectivity index (χ4n) is 1.33. The Bertz CT molecular complexity index is 349. The summed E-state index contributed by atoms with van der Waals surface area (Å²) in [6, 6.07) is 4.28. The number of benzene rings is 1. The summed E-state index contributed by atoms with van der Waals surface area (Å²) in [4.78, 5) is 0. The van der Waals surface area contributed by atoms with Crippen LogP contribution in [0, 0.1) is 5.82 Å². The second-order valence-electron chi connectivity index (χ2n) is 3.62. The molecule has 0 aliphatic heterocycles. The SMILES string of the molecule is COCCCSCc1ccc(B(O)O)cc1F. The summed E-state index contributed by atoms with van der Waals surface area (Å²) >= 11 is 1.63. The lowest BCUT2D eigenvalue weighted by Gasteiger charge is -2.05. The minimum atomic E-state index is -1.62. The topological polar surface area (TPSA) is 49.7 Å². The van der Waals surface area contributed by atoms with Crippen molar-refractivity contribution in [2.24, 2.45) is 0 Å². The number of rotatable bonds is 7. The lowest BCUT2D eigenvalue weighted by atomic mass is 9.80. The normalized spacial score (nSPS) is 10.6. The Morgan fingerprint density at radius 3 is 2.76 bits per heavy atom.